The number of unbranched alkanes of at least 4 members (excludes halogenated alkanes) is 3. The maximum absolute atomic E-state index is 12.3. The van der Waals surface area contributed by atoms with E-state index in [1.165, 1.54) is 44.9 Å². The summed E-state index contributed by atoms with van der Waals surface area (Å²) in [4.78, 5) is 12.3. The second kappa shape index (κ2) is 10.4. The number of amides is 1. The molecule has 0 aliphatic heterocycles. The molecule has 1 unspecified atom stereocenters. The van der Waals surface area contributed by atoms with E-state index in [0.29, 0.717) is 5.92 Å². The molecule has 0 spiro atoms. The molecule has 3 heteroatoms. The van der Waals surface area contributed by atoms with E-state index >= 15 is 0 Å². The summed E-state index contributed by atoms with van der Waals surface area (Å²) in [6, 6.07) is 7.53. The molecule has 3 nitrogen and oxygen atoms in total. The molecule has 1 aromatic carbocycles. The third kappa shape index (κ3) is 6.18. The van der Waals surface area contributed by atoms with Crippen LogP contribution in [0.2, 0.25) is 0 Å². The third-order valence-corrected chi connectivity index (χ3v) is 5.20. The minimum atomic E-state index is 0.0299. The summed E-state index contributed by atoms with van der Waals surface area (Å²) in [5.74, 6) is 2.24. The molecule has 1 fully saturated rings. The van der Waals surface area contributed by atoms with Gasteiger partial charge in [0.25, 0.3) is 5.91 Å². The van der Waals surface area contributed by atoms with Crippen LogP contribution in [0, 0.1) is 11.8 Å². The fourth-order valence-electron chi connectivity index (χ4n) is 3.44. The molecule has 134 valence electrons. The molecule has 24 heavy (non-hydrogen) atoms. The molecule has 1 amide bonds. The Morgan fingerprint density at radius 1 is 1.12 bits per heavy atom. The number of benzene rings is 1. The van der Waals surface area contributed by atoms with Crippen LogP contribution in [0.25, 0.3) is 0 Å². The second-order valence-electron chi connectivity index (χ2n) is 7.17. The van der Waals surface area contributed by atoms with Crippen LogP contribution in [0.3, 0.4) is 0 Å². The van der Waals surface area contributed by atoms with Crippen LogP contribution in [-0.4, -0.2) is 19.1 Å². The fraction of sp³-hybridized carbons (Fsp3) is 0.667. The van der Waals surface area contributed by atoms with E-state index in [2.05, 4.69) is 19.2 Å². The van der Waals surface area contributed by atoms with Crippen LogP contribution in [0.1, 0.15) is 75.6 Å². The predicted molar refractivity (Wildman–Crippen MR) is 99.5 cm³/mol. The van der Waals surface area contributed by atoms with Gasteiger partial charge >= 0.3 is 0 Å². The molecule has 1 aliphatic rings. The predicted octanol–water partition coefficient (Wildman–Crippen LogP) is 5.20. The minimum absolute atomic E-state index is 0.0299. The van der Waals surface area contributed by atoms with E-state index in [0.717, 1.165) is 36.8 Å². The lowest BCUT2D eigenvalue weighted by Crippen LogP contribution is -2.33. The van der Waals surface area contributed by atoms with Gasteiger partial charge in [-0.15, -0.1) is 0 Å². The van der Waals surface area contributed by atoms with Gasteiger partial charge in [0, 0.05) is 12.1 Å². The smallest absolute Gasteiger partial charge is 0.251 e. The van der Waals surface area contributed by atoms with Crippen molar-refractivity contribution in [1.82, 2.24) is 5.32 Å². The molecule has 1 aromatic rings. The summed E-state index contributed by atoms with van der Waals surface area (Å²) in [6.45, 7) is 6.07. The maximum Gasteiger partial charge on any atom is 0.251 e. The first-order chi connectivity index (χ1) is 11.7. The van der Waals surface area contributed by atoms with E-state index in [-0.39, 0.29) is 5.91 Å². The summed E-state index contributed by atoms with van der Waals surface area (Å²) in [6.07, 6.45) is 10.00. The molecule has 1 saturated carbocycles. The van der Waals surface area contributed by atoms with Gasteiger partial charge in [0.1, 0.15) is 5.75 Å². The number of hydrogen-bond donors (Lipinski definition) is 1. The van der Waals surface area contributed by atoms with Crippen molar-refractivity contribution in [2.24, 2.45) is 11.8 Å². The van der Waals surface area contributed by atoms with Crippen LogP contribution in [0.5, 0.6) is 5.75 Å². The zero-order valence-corrected chi connectivity index (χ0v) is 15.4. The van der Waals surface area contributed by atoms with Crippen molar-refractivity contribution in [3.63, 3.8) is 0 Å². The van der Waals surface area contributed by atoms with Crippen LogP contribution in [0.4, 0.5) is 0 Å². The first-order valence-corrected chi connectivity index (χ1v) is 9.71. The molecule has 0 radical (unpaired) electrons. The van der Waals surface area contributed by atoms with Crippen molar-refractivity contribution in [1.29, 1.82) is 0 Å². The fourth-order valence-corrected chi connectivity index (χ4v) is 3.44. The SMILES string of the molecule is CCCCCCOc1ccc(C(=O)NCC2CCCC[C@H]2C)cc1. The Bertz CT molecular complexity index is 483. The Hall–Kier alpha value is -1.51. The lowest BCUT2D eigenvalue weighted by molar-refractivity contribution is 0.0936. The third-order valence-electron chi connectivity index (χ3n) is 5.20. The number of carbonyl (C=O) groups is 1. The summed E-state index contributed by atoms with van der Waals surface area (Å²) in [5, 5.41) is 3.11. The topological polar surface area (TPSA) is 38.3 Å². The van der Waals surface area contributed by atoms with Gasteiger partial charge in [0.15, 0.2) is 0 Å². The Balaban J connectivity index is 1.72. The highest BCUT2D eigenvalue weighted by Gasteiger charge is 2.21. The first-order valence-electron chi connectivity index (χ1n) is 9.71. The zero-order valence-electron chi connectivity index (χ0n) is 15.4. The number of nitrogens with one attached hydrogen (secondary N) is 1. The van der Waals surface area contributed by atoms with Crippen molar-refractivity contribution in [2.45, 2.75) is 65.2 Å². The standard InChI is InChI=1S/C21H33NO2/c1-3-4-5-8-15-24-20-13-11-18(12-14-20)21(23)22-16-19-10-7-6-9-17(19)2/h11-14,17,19H,3-10,15-16H2,1-2H3,(H,22,23)/t17-,19?/m1/s1. The van der Waals surface area contributed by atoms with E-state index in [1.54, 1.807) is 0 Å². The number of rotatable bonds is 9. The van der Waals surface area contributed by atoms with Crippen molar-refractivity contribution < 1.29 is 9.53 Å². The highest BCUT2D eigenvalue weighted by Crippen LogP contribution is 2.28. The molecule has 1 N–H and O–H groups in total. The summed E-state index contributed by atoms with van der Waals surface area (Å²) in [7, 11) is 0. The zero-order chi connectivity index (χ0) is 17.2. The average Bonchev–Trinajstić information content (AvgIpc) is 2.61. The minimum Gasteiger partial charge on any atom is -0.494 e. The molecule has 0 saturated heterocycles. The molecule has 2 atom stereocenters. The lowest BCUT2D eigenvalue weighted by atomic mass is 9.80. The lowest BCUT2D eigenvalue weighted by Gasteiger charge is -2.28. The Morgan fingerprint density at radius 2 is 1.88 bits per heavy atom. The summed E-state index contributed by atoms with van der Waals surface area (Å²) < 4.78 is 5.72. The molecule has 0 aromatic heterocycles. The van der Waals surface area contributed by atoms with E-state index < -0.39 is 0 Å². The van der Waals surface area contributed by atoms with Gasteiger partial charge in [-0.05, 0) is 48.9 Å². The summed E-state index contributed by atoms with van der Waals surface area (Å²) in [5.41, 5.74) is 0.719. The second-order valence-corrected chi connectivity index (χ2v) is 7.17. The van der Waals surface area contributed by atoms with E-state index in [1.807, 2.05) is 24.3 Å². The van der Waals surface area contributed by atoms with Gasteiger partial charge in [-0.3, -0.25) is 4.79 Å². The van der Waals surface area contributed by atoms with Crippen LogP contribution in [0.15, 0.2) is 24.3 Å². The Morgan fingerprint density at radius 3 is 2.58 bits per heavy atom. The highest BCUT2D eigenvalue weighted by atomic mass is 16.5. The molecular weight excluding hydrogens is 298 g/mol. The van der Waals surface area contributed by atoms with Crippen LogP contribution < -0.4 is 10.1 Å². The van der Waals surface area contributed by atoms with Gasteiger partial charge < -0.3 is 10.1 Å². The van der Waals surface area contributed by atoms with Gasteiger partial charge in [-0.25, -0.2) is 0 Å². The monoisotopic (exact) mass is 331 g/mol. The molecule has 1 aliphatic carbocycles. The molecular formula is C21H33NO2. The van der Waals surface area contributed by atoms with Gasteiger partial charge in [-0.1, -0.05) is 52.4 Å². The van der Waals surface area contributed by atoms with E-state index in [4.69, 9.17) is 4.74 Å². The number of carbonyl (C=O) groups excluding carboxylic acids is 1. The van der Waals surface area contributed by atoms with Gasteiger partial charge in [-0.2, -0.15) is 0 Å². The Kier molecular flexibility index (Phi) is 8.14. The average molecular weight is 332 g/mol. The van der Waals surface area contributed by atoms with Crippen molar-refractivity contribution in [2.75, 3.05) is 13.2 Å². The molecule has 0 heterocycles. The first kappa shape index (κ1) is 18.8. The van der Waals surface area contributed by atoms with Crippen molar-refractivity contribution in [3.8, 4) is 5.75 Å². The molecule has 0 bridgehead atoms. The van der Waals surface area contributed by atoms with Crippen LogP contribution in [-0.2, 0) is 0 Å². The van der Waals surface area contributed by atoms with Gasteiger partial charge in [0.05, 0.1) is 6.61 Å². The van der Waals surface area contributed by atoms with Gasteiger partial charge in [0.2, 0.25) is 0 Å². The number of hydrogen-bond acceptors (Lipinski definition) is 2. The van der Waals surface area contributed by atoms with E-state index in [9.17, 15) is 4.79 Å². The van der Waals surface area contributed by atoms with Crippen molar-refractivity contribution in [3.05, 3.63) is 29.8 Å². The Labute approximate surface area is 147 Å². The highest BCUT2D eigenvalue weighted by molar-refractivity contribution is 5.94. The normalized spacial score (nSPS) is 20.6. The molecule has 2 rings (SSSR count). The largest absolute Gasteiger partial charge is 0.494 e. The van der Waals surface area contributed by atoms with Crippen molar-refractivity contribution >= 4 is 5.91 Å². The quantitative estimate of drug-likeness (QED) is 0.631. The maximum atomic E-state index is 12.3. The van der Waals surface area contributed by atoms with Crippen LogP contribution >= 0.6 is 0 Å². The summed E-state index contributed by atoms with van der Waals surface area (Å²) >= 11 is 0. The number of ether oxygens (including phenoxy) is 1.